The number of hydrogen-bond acceptors (Lipinski definition) is 4. The topological polar surface area (TPSA) is 41.1 Å². The van der Waals surface area contributed by atoms with Crippen LogP contribution in [0.3, 0.4) is 0 Å². The van der Waals surface area contributed by atoms with Gasteiger partial charge in [-0.2, -0.15) is 4.98 Å². The van der Waals surface area contributed by atoms with Gasteiger partial charge in [-0.15, -0.1) is 0 Å². The third-order valence-electron chi connectivity index (χ3n) is 3.57. The molecule has 4 nitrogen and oxygen atoms in total. The van der Waals surface area contributed by atoms with Gasteiger partial charge in [0, 0.05) is 25.3 Å². The summed E-state index contributed by atoms with van der Waals surface area (Å²) >= 11 is 0. The van der Waals surface area contributed by atoms with Crippen LogP contribution in [-0.2, 0) is 6.54 Å². The number of nitrogens with zero attached hydrogens (tertiary/aromatic N) is 3. The molecule has 22 heavy (non-hydrogen) atoms. The van der Waals surface area contributed by atoms with Crippen molar-refractivity contribution in [3.63, 3.8) is 0 Å². The summed E-state index contributed by atoms with van der Waals surface area (Å²) in [4.78, 5) is 11.3. The van der Waals surface area contributed by atoms with Crippen LogP contribution in [0.15, 0.2) is 42.6 Å². The predicted octanol–water partition coefficient (Wildman–Crippen LogP) is 4.10. The Hall–Kier alpha value is -2.10. The molecule has 2 rings (SSSR count). The molecule has 0 amide bonds. The van der Waals surface area contributed by atoms with Gasteiger partial charge in [-0.1, -0.05) is 43.7 Å². The largest absolute Gasteiger partial charge is 0.354 e. The number of nitrogens with one attached hydrogen (secondary N) is 1. The van der Waals surface area contributed by atoms with Gasteiger partial charge in [-0.25, -0.2) is 4.98 Å². The third kappa shape index (κ3) is 4.72. The van der Waals surface area contributed by atoms with Crippen molar-refractivity contribution in [3.8, 4) is 0 Å². The molecule has 0 aliphatic heterocycles. The molecule has 0 unspecified atom stereocenters. The minimum absolute atomic E-state index is 0.374. The van der Waals surface area contributed by atoms with Crippen LogP contribution in [0.5, 0.6) is 0 Å². The zero-order valence-corrected chi connectivity index (χ0v) is 13.8. The Balaban J connectivity index is 2.12. The lowest BCUT2D eigenvalue weighted by Crippen LogP contribution is -2.31. The first-order chi connectivity index (χ1) is 10.7. The lowest BCUT2D eigenvalue weighted by Gasteiger charge is -2.28. The highest BCUT2D eigenvalue weighted by Crippen LogP contribution is 2.18. The molecule has 1 N–H and O–H groups in total. The number of hydrogen-bond donors (Lipinski definition) is 1. The minimum Gasteiger partial charge on any atom is -0.354 e. The molecule has 2 aromatic rings. The van der Waals surface area contributed by atoms with E-state index in [4.69, 9.17) is 0 Å². The summed E-state index contributed by atoms with van der Waals surface area (Å²) in [5.74, 6) is 1.68. The van der Waals surface area contributed by atoms with Crippen LogP contribution < -0.4 is 10.2 Å². The van der Waals surface area contributed by atoms with Gasteiger partial charge in [-0.3, -0.25) is 0 Å². The monoisotopic (exact) mass is 298 g/mol. The second kappa shape index (κ2) is 8.37. The van der Waals surface area contributed by atoms with E-state index in [-0.39, 0.29) is 0 Å². The molecule has 0 aliphatic rings. The Bertz CT molecular complexity index is 554. The van der Waals surface area contributed by atoms with Crippen molar-refractivity contribution in [1.82, 2.24) is 9.97 Å². The summed E-state index contributed by atoms with van der Waals surface area (Å²) in [6.45, 7) is 8.33. The molecule has 0 aliphatic carbocycles. The lowest BCUT2D eigenvalue weighted by molar-refractivity contribution is 0.671. The maximum Gasteiger partial charge on any atom is 0.224 e. The average Bonchev–Trinajstić information content (AvgIpc) is 2.54. The number of rotatable bonds is 8. The van der Waals surface area contributed by atoms with Crippen molar-refractivity contribution in [2.24, 2.45) is 0 Å². The second-order valence-electron chi connectivity index (χ2n) is 5.73. The van der Waals surface area contributed by atoms with E-state index < -0.39 is 0 Å². The molecule has 0 saturated carbocycles. The van der Waals surface area contributed by atoms with Crippen LogP contribution in [0.1, 0.15) is 39.2 Å². The summed E-state index contributed by atoms with van der Waals surface area (Å²) < 4.78 is 0. The first-order valence-corrected chi connectivity index (χ1v) is 8.08. The van der Waals surface area contributed by atoms with Crippen molar-refractivity contribution in [3.05, 3.63) is 48.2 Å². The van der Waals surface area contributed by atoms with Crippen LogP contribution in [0.4, 0.5) is 11.8 Å². The molecule has 0 bridgehead atoms. The van der Waals surface area contributed by atoms with Crippen LogP contribution in [-0.4, -0.2) is 22.6 Å². The fraction of sp³-hybridized carbons (Fsp3) is 0.444. The standard InChI is InChI=1S/C18H26N4/c1-4-5-12-19-18-20-13-11-17(21-18)22(15(2)3)14-16-9-7-6-8-10-16/h6-11,13,15H,4-5,12,14H2,1-3H3,(H,19,20,21). The van der Waals surface area contributed by atoms with Crippen molar-refractivity contribution in [2.45, 2.75) is 46.2 Å². The Morgan fingerprint density at radius 1 is 1.14 bits per heavy atom. The number of anilines is 2. The molecule has 0 spiro atoms. The zero-order chi connectivity index (χ0) is 15.8. The molecule has 1 heterocycles. The Labute approximate surface area is 133 Å². The Kier molecular flexibility index (Phi) is 6.19. The van der Waals surface area contributed by atoms with Crippen LogP contribution in [0, 0.1) is 0 Å². The highest BCUT2D eigenvalue weighted by Gasteiger charge is 2.13. The summed E-state index contributed by atoms with van der Waals surface area (Å²) in [5, 5.41) is 3.29. The summed E-state index contributed by atoms with van der Waals surface area (Å²) in [6, 6.07) is 12.8. The highest BCUT2D eigenvalue weighted by molar-refractivity contribution is 5.44. The third-order valence-corrected chi connectivity index (χ3v) is 3.57. The van der Waals surface area contributed by atoms with Gasteiger partial charge in [0.25, 0.3) is 0 Å². The van der Waals surface area contributed by atoms with Gasteiger partial charge >= 0.3 is 0 Å². The molecule has 4 heteroatoms. The summed E-state index contributed by atoms with van der Waals surface area (Å²) in [6.07, 6.45) is 4.13. The van der Waals surface area contributed by atoms with Crippen molar-refractivity contribution >= 4 is 11.8 Å². The molecule has 0 fully saturated rings. The van der Waals surface area contributed by atoms with E-state index in [1.54, 1.807) is 0 Å². The van der Waals surface area contributed by atoms with E-state index in [2.05, 4.69) is 65.2 Å². The first-order valence-electron chi connectivity index (χ1n) is 8.08. The molecule has 0 saturated heterocycles. The van der Waals surface area contributed by atoms with Crippen LogP contribution >= 0.6 is 0 Å². The predicted molar refractivity (Wildman–Crippen MR) is 93.2 cm³/mol. The number of aromatic nitrogens is 2. The van der Waals surface area contributed by atoms with Gasteiger partial charge in [0.05, 0.1) is 0 Å². The number of unbranched alkanes of at least 4 members (excludes halogenated alkanes) is 1. The van der Waals surface area contributed by atoms with E-state index in [0.29, 0.717) is 12.0 Å². The van der Waals surface area contributed by atoms with E-state index >= 15 is 0 Å². The van der Waals surface area contributed by atoms with Gasteiger partial charge in [0.15, 0.2) is 0 Å². The highest BCUT2D eigenvalue weighted by atomic mass is 15.2. The maximum atomic E-state index is 4.67. The smallest absolute Gasteiger partial charge is 0.224 e. The minimum atomic E-state index is 0.374. The molecular weight excluding hydrogens is 272 g/mol. The molecule has 0 atom stereocenters. The van der Waals surface area contributed by atoms with Gasteiger partial charge in [-0.05, 0) is 31.9 Å². The quantitative estimate of drug-likeness (QED) is 0.745. The Morgan fingerprint density at radius 2 is 1.91 bits per heavy atom. The van der Waals surface area contributed by atoms with Gasteiger partial charge in [0.1, 0.15) is 5.82 Å². The normalized spacial score (nSPS) is 10.7. The maximum absolute atomic E-state index is 4.67. The van der Waals surface area contributed by atoms with E-state index in [1.807, 2.05) is 18.3 Å². The lowest BCUT2D eigenvalue weighted by atomic mass is 10.2. The fourth-order valence-electron chi connectivity index (χ4n) is 2.28. The SMILES string of the molecule is CCCCNc1nccc(N(Cc2ccccc2)C(C)C)n1. The van der Waals surface area contributed by atoms with Crippen molar-refractivity contribution < 1.29 is 0 Å². The number of benzene rings is 1. The van der Waals surface area contributed by atoms with E-state index in [1.165, 1.54) is 12.0 Å². The molecule has 1 aromatic carbocycles. The molecule has 0 radical (unpaired) electrons. The van der Waals surface area contributed by atoms with Crippen molar-refractivity contribution in [1.29, 1.82) is 0 Å². The molecule has 1 aromatic heterocycles. The van der Waals surface area contributed by atoms with E-state index in [9.17, 15) is 0 Å². The van der Waals surface area contributed by atoms with Gasteiger partial charge in [0.2, 0.25) is 5.95 Å². The van der Waals surface area contributed by atoms with E-state index in [0.717, 1.165) is 25.3 Å². The Morgan fingerprint density at radius 3 is 2.59 bits per heavy atom. The molecular formula is C18H26N4. The van der Waals surface area contributed by atoms with Crippen molar-refractivity contribution in [2.75, 3.05) is 16.8 Å². The molecule has 118 valence electrons. The summed E-state index contributed by atoms with van der Waals surface area (Å²) in [5.41, 5.74) is 1.29. The van der Waals surface area contributed by atoms with Crippen LogP contribution in [0.25, 0.3) is 0 Å². The first kappa shape index (κ1) is 16.3. The average molecular weight is 298 g/mol. The summed E-state index contributed by atoms with van der Waals surface area (Å²) in [7, 11) is 0. The zero-order valence-electron chi connectivity index (χ0n) is 13.8. The fourth-order valence-corrected chi connectivity index (χ4v) is 2.28. The van der Waals surface area contributed by atoms with Gasteiger partial charge < -0.3 is 10.2 Å². The second-order valence-corrected chi connectivity index (χ2v) is 5.73. The van der Waals surface area contributed by atoms with Crippen LogP contribution in [0.2, 0.25) is 0 Å².